The van der Waals surface area contributed by atoms with E-state index in [-0.39, 0.29) is 0 Å². The van der Waals surface area contributed by atoms with Crippen molar-refractivity contribution >= 4 is 37.5 Å². The van der Waals surface area contributed by atoms with Gasteiger partial charge in [0.25, 0.3) is 0 Å². The lowest BCUT2D eigenvalue weighted by Crippen LogP contribution is -2.06. The van der Waals surface area contributed by atoms with Crippen molar-refractivity contribution in [1.29, 1.82) is 0 Å². The van der Waals surface area contributed by atoms with Crippen molar-refractivity contribution in [3.8, 4) is 5.75 Å². The smallest absolute Gasteiger partial charge is 0.128 e. The van der Waals surface area contributed by atoms with Gasteiger partial charge in [0.05, 0.1) is 19.3 Å². The number of nitrogens with one attached hydrogen (secondary N) is 1. The van der Waals surface area contributed by atoms with Crippen LogP contribution < -0.4 is 10.1 Å². The molecule has 1 aromatic carbocycles. The number of benzene rings is 1. The van der Waals surface area contributed by atoms with E-state index < -0.39 is 0 Å². The van der Waals surface area contributed by atoms with Gasteiger partial charge in [-0.25, -0.2) is 0 Å². The molecule has 1 N–H and O–H groups in total. The number of pyridine rings is 1. The Morgan fingerprint density at radius 1 is 1.25 bits per heavy atom. The van der Waals surface area contributed by atoms with Crippen LogP contribution in [0.1, 0.15) is 16.8 Å². The molecule has 0 aliphatic rings. The van der Waals surface area contributed by atoms with E-state index in [2.05, 4.69) is 42.2 Å². The third kappa shape index (κ3) is 3.33. The number of methoxy groups -OCH3 is 1. The Hall–Kier alpha value is -1.07. The minimum absolute atomic E-state index is 0.650. The van der Waals surface area contributed by atoms with Gasteiger partial charge >= 0.3 is 0 Å². The molecule has 0 amide bonds. The van der Waals surface area contributed by atoms with Crippen LogP contribution in [-0.4, -0.2) is 12.1 Å². The minimum Gasteiger partial charge on any atom is -0.496 e. The fourth-order valence-corrected chi connectivity index (χ4v) is 2.81. The van der Waals surface area contributed by atoms with Gasteiger partial charge in [0, 0.05) is 32.0 Å². The summed E-state index contributed by atoms with van der Waals surface area (Å²) in [4.78, 5) is 4.48. The fourth-order valence-electron chi connectivity index (χ4n) is 2.06. The molecular weight excluding hydrogens is 384 g/mol. The first-order valence-corrected chi connectivity index (χ1v) is 7.79. The van der Waals surface area contributed by atoms with Crippen molar-refractivity contribution in [3.05, 3.63) is 50.2 Å². The summed E-state index contributed by atoms with van der Waals surface area (Å²) in [6.45, 7) is 4.68. The number of aryl methyl sites for hydroxylation is 1. The highest BCUT2D eigenvalue weighted by Crippen LogP contribution is 2.28. The summed E-state index contributed by atoms with van der Waals surface area (Å²) in [5.41, 5.74) is 4.14. The molecule has 1 heterocycles. The Balaban J connectivity index is 2.21. The fraction of sp³-hybridized carbons (Fsp3) is 0.267. The van der Waals surface area contributed by atoms with E-state index in [0.717, 1.165) is 37.2 Å². The second-order valence-corrected chi connectivity index (χ2v) is 6.29. The molecule has 0 saturated heterocycles. The molecule has 0 saturated carbocycles. The molecule has 0 radical (unpaired) electrons. The lowest BCUT2D eigenvalue weighted by molar-refractivity contribution is 0.407. The molecule has 1 aromatic heterocycles. The van der Waals surface area contributed by atoms with Gasteiger partial charge in [-0.2, -0.15) is 0 Å². The summed E-state index contributed by atoms with van der Waals surface area (Å²) in [5.74, 6) is 0.908. The van der Waals surface area contributed by atoms with Crippen molar-refractivity contribution in [3.63, 3.8) is 0 Å². The summed E-state index contributed by atoms with van der Waals surface area (Å²) in [7, 11) is 1.69. The lowest BCUT2D eigenvalue weighted by Gasteiger charge is -2.14. The monoisotopic (exact) mass is 398 g/mol. The highest BCUT2D eigenvalue weighted by molar-refractivity contribution is 9.11. The second kappa shape index (κ2) is 6.59. The third-order valence-electron chi connectivity index (χ3n) is 3.12. The first kappa shape index (κ1) is 15.3. The van der Waals surface area contributed by atoms with E-state index in [1.54, 1.807) is 7.11 Å². The first-order valence-electron chi connectivity index (χ1n) is 6.21. The quantitative estimate of drug-likeness (QED) is 0.798. The van der Waals surface area contributed by atoms with Crippen LogP contribution >= 0.6 is 31.9 Å². The molecule has 0 aliphatic heterocycles. The lowest BCUT2D eigenvalue weighted by atomic mass is 10.1. The standard InChI is InChI=1S/C15H16Br2N2O/c1-9-7-18-14(10(2)15(9)20-3)8-19-13-6-11(16)4-5-12(13)17/h4-7,19H,8H2,1-3H3. The van der Waals surface area contributed by atoms with E-state index in [0.29, 0.717) is 6.54 Å². The van der Waals surface area contributed by atoms with Crippen LogP contribution in [0.25, 0.3) is 0 Å². The minimum atomic E-state index is 0.650. The zero-order chi connectivity index (χ0) is 14.7. The molecule has 20 heavy (non-hydrogen) atoms. The van der Waals surface area contributed by atoms with Gasteiger partial charge < -0.3 is 10.1 Å². The van der Waals surface area contributed by atoms with E-state index in [4.69, 9.17) is 4.74 Å². The Morgan fingerprint density at radius 3 is 2.70 bits per heavy atom. The number of rotatable bonds is 4. The van der Waals surface area contributed by atoms with Gasteiger partial charge in [-0.15, -0.1) is 0 Å². The van der Waals surface area contributed by atoms with Crippen molar-refractivity contribution in [2.45, 2.75) is 20.4 Å². The Labute approximate surface area is 136 Å². The van der Waals surface area contributed by atoms with Crippen LogP contribution in [0, 0.1) is 13.8 Å². The zero-order valence-electron chi connectivity index (χ0n) is 11.6. The number of hydrogen-bond donors (Lipinski definition) is 1. The summed E-state index contributed by atoms with van der Waals surface area (Å²) in [6, 6.07) is 6.03. The van der Waals surface area contributed by atoms with E-state index in [1.807, 2.05) is 38.2 Å². The van der Waals surface area contributed by atoms with Crippen LogP contribution in [-0.2, 0) is 6.54 Å². The number of halogens is 2. The van der Waals surface area contributed by atoms with Crippen LogP contribution in [0.2, 0.25) is 0 Å². The normalized spacial score (nSPS) is 10.4. The first-order chi connectivity index (χ1) is 9.52. The number of aromatic nitrogens is 1. The van der Waals surface area contributed by atoms with Crippen LogP contribution in [0.5, 0.6) is 5.75 Å². The predicted octanol–water partition coefficient (Wildman–Crippen LogP) is 4.84. The molecule has 3 nitrogen and oxygen atoms in total. The zero-order valence-corrected chi connectivity index (χ0v) is 14.8. The Morgan fingerprint density at radius 2 is 2.00 bits per heavy atom. The predicted molar refractivity (Wildman–Crippen MR) is 89.4 cm³/mol. The average Bonchev–Trinajstić information content (AvgIpc) is 2.42. The van der Waals surface area contributed by atoms with Gasteiger partial charge in [-0.1, -0.05) is 15.9 Å². The topological polar surface area (TPSA) is 34.1 Å². The molecular formula is C15H16Br2N2O. The molecule has 0 atom stereocenters. The van der Waals surface area contributed by atoms with Gasteiger partial charge in [0.15, 0.2) is 0 Å². The van der Waals surface area contributed by atoms with Crippen molar-refractivity contribution < 1.29 is 4.74 Å². The summed E-state index contributed by atoms with van der Waals surface area (Å²) in [5, 5.41) is 3.39. The van der Waals surface area contributed by atoms with Crippen LogP contribution in [0.3, 0.4) is 0 Å². The second-order valence-electron chi connectivity index (χ2n) is 4.52. The summed E-state index contributed by atoms with van der Waals surface area (Å²) in [6.07, 6.45) is 1.85. The van der Waals surface area contributed by atoms with Crippen molar-refractivity contribution in [1.82, 2.24) is 4.98 Å². The number of nitrogens with zero attached hydrogens (tertiary/aromatic N) is 1. The third-order valence-corrected chi connectivity index (χ3v) is 4.31. The van der Waals surface area contributed by atoms with Gasteiger partial charge in [-0.05, 0) is 48.0 Å². The van der Waals surface area contributed by atoms with E-state index in [9.17, 15) is 0 Å². The maximum absolute atomic E-state index is 5.43. The maximum atomic E-state index is 5.43. The van der Waals surface area contributed by atoms with E-state index in [1.165, 1.54) is 0 Å². The Bertz CT molecular complexity index is 630. The van der Waals surface area contributed by atoms with Crippen molar-refractivity contribution in [2.75, 3.05) is 12.4 Å². The molecule has 2 aromatic rings. The molecule has 0 fully saturated rings. The summed E-state index contributed by atoms with van der Waals surface area (Å²) >= 11 is 7.01. The summed E-state index contributed by atoms with van der Waals surface area (Å²) < 4.78 is 7.49. The molecule has 0 unspecified atom stereocenters. The molecule has 5 heteroatoms. The van der Waals surface area contributed by atoms with Gasteiger partial charge in [0.2, 0.25) is 0 Å². The molecule has 0 bridgehead atoms. The number of hydrogen-bond acceptors (Lipinski definition) is 3. The highest BCUT2D eigenvalue weighted by Gasteiger charge is 2.09. The molecule has 0 spiro atoms. The SMILES string of the molecule is COc1c(C)cnc(CNc2cc(Br)ccc2Br)c1C. The Kier molecular flexibility index (Phi) is 5.05. The molecule has 0 aliphatic carbocycles. The largest absolute Gasteiger partial charge is 0.496 e. The van der Waals surface area contributed by atoms with Gasteiger partial charge in [0.1, 0.15) is 5.75 Å². The van der Waals surface area contributed by atoms with Crippen LogP contribution in [0.15, 0.2) is 33.3 Å². The van der Waals surface area contributed by atoms with Crippen molar-refractivity contribution in [2.24, 2.45) is 0 Å². The number of anilines is 1. The average molecular weight is 400 g/mol. The van der Waals surface area contributed by atoms with Gasteiger partial charge in [-0.3, -0.25) is 4.98 Å². The van der Waals surface area contributed by atoms with Crippen LogP contribution in [0.4, 0.5) is 5.69 Å². The maximum Gasteiger partial charge on any atom is 0.128 e. The molecule has 106 valence electrons. The highest BCUT2D eigenvalue weighted by atomic mass is 79.9. The number of ether oxygens (including phenoxy) is 1. The molecule has 2 rings (SSSR count). The van der Waals surface area contributed by atoms with E-state index >= 15 is 0 Å².